The molecular weight excluding hydrogens is 494 g/mol. The van der Waals surface area contributed by atoms with E-state index in [1.165, 1.54) is 30.8 Å². The van der Waals surface area contributed by atoms with E-state index in [0.29, 0.717) is 5.03 Å². The van der Waals surface area contributed by atoms with Gasteiger partial charge >= 0.3 is 6.61 Å². The van der Waals surface area contributed by atoms with Crippen molar-refractivity contribution in [3.8, 4) is 0 Å². The molecule has 1 atom stereocenters. The number of likely N-dealkylation sites (tertiary alicyclic amines) is 1. The summed E-state index contributed by atoms with van der Waals surface area (Å²) < 4.78 is 30.8. The van der Waals surface area contributed by atoms with Gasteiger partial charge in [-0.1, -0.05) is 11.6 Å². The van der Waals surface area contributed by atoms with Gasteiger partial charge in [0.2, 0.25) is 0 Å². The largest absolute Gasteiger partial charge is 0.439 e. The van der Waals surface area contributed by atoms with Gasteiger partial charge in [0.1, 0.15) is 23.0 Å². The Balaban J connectivity index is 1.97. The Morgan fingerprint density at radius 1 is 1.39 bits per heavy atom. The smallest absolute Gasteiger partial charge is 0.387 e. The van der Waals surface area contributed by atoms with E-state index in [-0.39, 0.29) is 41.0 Å². The number of hydrogen-bond donors (Lipinski definition) is 5. The number of amidine groups is 1. The van der Waals surface area contributed by atoms with E-state index >= 15 is 0 Å². The van der Waals surface area contributed by atoms with Crippen LogP contribution in [0, 0.1) is 11.3 Å². The number of carbonyl (C=O) groups is 1. The number of nitrogens with zero attached hydrogens (tertiary/aromatic N) is 3. The summed E-state index contributed by atoms with van der Waals surface area (Å²) in [6.07, 6.45) is 10.4. The van der Waals surface area contributed by atoms with Crippen molar-refractivity contribution in [3.63, 3.8) is 0 Å². The fourth-order valence-electron chi connectivity index (χ4n) is 3.83. The van der Waals surface area contributed by atoms with E-state index in [1.54, 1.807) is 6.08 Å². The van der Waals surface area contributed by atoms with Crippen LogP contribution in [0.1, 0.15) is 19.3 Å². The number of allylic oxidation sites excluding steroid dienone is 5. The third-order valence-electron chi connectivity index (χ3n) is 5.77. The van der Waals surface area contributed by atoms with Gasteiger partial charge in [-0.25, -0.2) is 4.99 Å². The number of alkyl halides is 2. The molecule has 13 heteroatoms. The molecule has 1 amide bonds. The maximum atomic E-state index is 13.2. The summed E-state index contributed by atoms with van der Waals surface area (Å²) >= 11 is 6.16. The van der Waals surface area contributed by atoms with Crippen LogP contribution in [-0.4, -0.2) is 61.9 Å². The van der Waals surface area contributed by atoms with Crippen LogP contribution < -0.4 is 22.1 Å². The molecule has 1 unspecified atom stereocenters. The van der Waals surface area contributed by atoms with Crippen molar-refractivity contribution in [1.29, 1.82) is 5.41 Å². The lowest BCUT2D eigenvalue weighted by Gasteiger charge is -2.27. The Kier molecular flexibility index (Phi) is 9.37. The summed E-state index contributed by atoms with van der Waals surface area (Å²) in [6.45, 7) is -1.35. The van der Waals surface area contributed by atoms with Gasteiger partial charge in [0, 0.05) is 29.4 Å². The number of carbonyl (C=O) groups excluding carboxylic acids is 1. The quantitative estimate of drug-likeness (QED) is 0.187. The van der Waals surface area contributed by atoms with Crippen molar-refractivity contribution in [1.82, 2.24) is 15.5 Å². The number of hydrogen-bond acceptors (Lipinski definition) is 8. The minimum absolute atomic E-state index is 0.0107. The molecule has 0 saturated carbocycles. The number of nitrogens with two attached hydrogens (primary N) is 2. The van der Waals surface area contributed by atoms with Crippen LogP contribution in [-0.2, 0) is 9.53 Å². The zero-order valence-corrected chi connectivity index (χ0v) is 20.4. The number of ether oxygens (including phenoxy) is 1. The van der Waals surface area contributed by atoms with E-state index in [2.05, 4.69) is 30.3 Å². The summed E-state index contributed by atoms with van der Waals surface area (Å²) in [5.74, 6) is -2.21. The van der Waals surface area contributed by atoms with Gasteiger partial charge in [0.25, 0.3) is 5.91 Å². The molecule has 3 rings (SSSR count). The second-order valence-electron chi connectivity index (χ2n) is 8.37. The van der Waals surface area contributed by atoms with Crippen LogP contribution in [0.15, 0.2) is 68.0 Å². The molecule has 0 bridgehead atoms. The molecule has 1 aliphatic carbocycles. The molecule has 1 saturated heterocycles. The molecule has 36 heavy (non-hydrogen) atoms. The lowest BCUT2D eigenvalue weighted by molar-refractivity contribution is -0.116. The normalized spacial score (nSPS) is 23.1. The first kappa shape index (κ1) is 27.1. The van der Waals surface area contributed by atoms with E-state index in [4.69, 9.17) is 28.5 Å². The molecule has 0 aromatic heterocycles. The molecule has 0 radical (unpaired) electrons. The number of piperidine rings is 1. The van der Waals surface area contributed by atoms with Gasteiger partial charge < -0.3 is 31.7 Å². The molecule has 2 heterocycles. The third kappa shape index (κ3) is 7.25. The summed E-state index contributed by atoms with van der Waals surface area (Å²) in [6, 6.07) is -0.0107. The maximum absolute atomic E-state index is 13.2. The number of halogens is 3. The Morgan fingerprint density at radius 2 is 2.11 bits per heavy atom. The van der Waals surface area contributed by atoms with Crippen LogP contribution in [0.2, 0.25) is 0 Å². The molecule has 0 aromatic carbocycles. The minimum atomic E-state index is -3.07. The molecule has 10 nitrogen and oxygen atoms in total. The molecule has 3 aliphatic rings. The zero-order valence-electron chi connectivity index (χ0n) is 19.7. The average molecular weight is 523 g/mol. The summed E-state index contributed by atoms with van der Waals surface area (Å²) in [5.41, 5.74) is 11.9. The summed E-state index contributed by atoms with van der Waals surface area (Å²) in [5, 5.41) is 13.7. The number of amides is 1. The zero-order chi connectivity index (χ0) is 26.2. The van der Waals surface area contributed by atoms with Crippen molar-refractivity contribution in [2.75, 3.05) is 20.1 Å². The molecular formula is C23H29ClF2N8O2. The molecule has 0 aromatic rings. The Labute approximate surface area is 212 Å². The van der Waals surface area contributed by atoms with E-state index < -0.39 is 24.3 Å². The molecule has 7 N–H and O–H groups in total. The predicted molar refractivity (Wildman–Crippen MR) is 135 cm³/mol. The van der Waals surface area contributed by atoms with Crippen LogP contribution >= 0.6 is 11.6 Å². The molecule has 1 fully saturated rings. The average Bonchev–Trinajstić information content (AvgIpc) is 2.83. The van der Waals surface area contributed by atoms with Gasteiger partial charge in [0.15, 0.2) is 0 Å². The SMILES string of the molecule is CN1CCC(N=CC(NC(=O)/C(C(=N)N)=C2\N=CC=CN2)=C(N)C2CC(Cl)=CC=C2OC(F)F)CC1. The standard InChI is InChI=1S/C23H29ClF2N8O2/c1-34-9-5-14(6-10-34)32-12-16(19(27)15-11-13(24)3-4-17(15)36-23(25)26)33-22(35)18(20(28)29)21-30-7-2-8-31-21/h2-4,7-8,12,14-15,23,30H,5-6,9-11,27H2,1H3,(H3,28,29)(H,33,35)/b19-16?,21-18-,32-12?. The predicted octanol–water partition coefficient (Wildman–Crippen LogP) is 2.04. The second kappa shape index (κ2) is 12.5. The van der Waals surface area contributed by atoms with Gasteiger partial charge in [0.05, 0.1) is 17.7 Å². The van der Waals surface area contributed by atoms with Crippen LogP contribution in [0.4, 0.5) is 8.78 Å². The molecule has 194 valence electrons. The fraction of sp³-hybridized carbons (Fsp3) is 0.391. The van der Waals surface area contributed by atoms with Crippen molar-refractivity contribution in [3.05, 3.63) is 58.0 Å². The van der Waals surface area contributed by atoms with E-state index in [9.17, 15) is 13.6 Å². The van der Waals surface area contributed by atoms with Gasteiger partial charge in [-0.2, -0.15) is 8.78 Å². The first-order chi connectivity index (χ1) is 17.2. The first-order valence-corrected chi connectivity index (χ1v) is 11.6. The van der Waals surface area contributed by atoms with Crippen LogP contribution in [0.3, 0.4) is 0 Å². The van der Waals surface area contributed by atoms with Crippen LogP contribution in [0.25, 0.3) is 0 Å². The summed E-state index contributed by atoms with van der Waals surface area (Å²) in [4.78, 5) is 24.0. The monoisotopic (exact) mass is 522 g/mol. The minimum Gasteiger partial charge on any atom is -0.439 e. The van der Waals surface area contributed by atoms with Crippen molar-refractivity contribution in [2.24, 2.45) is 27.4 Å². The second-order valence-corrected chi connectivity index (χ2v) is 8.86. The van der Waals surface area contributed by atoms with Crippen molar-refractivity contribution < 1.29 is 18.3 Å². The van der Waals surface area contributed by atoms with E-state index in [1.807, 2.05) is 7.05 Å². The highest BCUT2D eigenvalue weighted by atomic mass is 35.5. The highest BCUT2D eigenvalue weighted by molar-refractivity contribution is 6.29. The van der Waals surface area contributed by atoms with E-state index in [0.717, 1.165) is 25.9 Å². The van der Waals surface area contributed by atoms with Crippen molar-refractivity contribution in [2.45, 2.75) is 31.9 Å². The van der Waals surface area contributed by atoms with Gasteiger partial charge in [-0.15, -0.1) is 0 Å². The lowest BCUT2D eigenvalue weighted by atomic mass is 9.93. The van der Waals surface area contributed by atoms with Gasteiger partial charge in [-0.05, 0) is 57.6 Å². The highest BCUT2D eigenvalue weighted by Gasteiger charge is 2.29. The topological polar surface area (TPSA) is 154 Å². The number of aliphatic imine (C=N–C) groups is 2. The Hall–Kier alpha value is -3.51. The third-order valence-corrected chi connectivity index (χ3v) is 6.05. The fourth-order valence-corrected chi connectivity index (χ4v) is 4.05. The van der Waals surface area contributed by atoms with Gasteiger partial charge in [-0.3, -0.25) is 15.2 Å². The lowest BCUT2D eigenvalue weighted by Crippen LogP contribution is -2.37. The first-order valence-electron chi connectivity index (χ1n) is 11.2. The Bertz CT molecular complexity index is 1090. The molecule has 0 spiro atoms. The summed E-state index contributed by atoms with van der Waals surface area (Å²) in [7, 11) is 2.02. The molecule has 2 aliphatic heterocycles. The number of rotatable bonds is 8. The highest BCUT2D eigenvalue weighted by Crippen LogP contribution is 2.33. The van der Waals surface area contributed by atoms with Crippen molar-refractivity contribution >= 4 is 35.8 Å². The Morgan fingerprint density at radius 3 is 2.72 bits per heavy atom. The number of nitrogens with one attached hydrogen (secondary N) is 3. The van der Waals surface area contributed by atoms with Crippen LogP contribution in [0.5, 0.6) is 0 Å². The maximum Gasteiger partial charge on any atom is 0.387 e.